The van der Waals surface area contributed by atoms with Crippen LogP contribution in [-0.4, -0.2) is 34.7 Å². The third-order valence-corrected chi connectivity index (χ3v) is 5.97. The van der Waals surface area contributed by atoms with Crippen molar-refractivity contribution in [2.24, 2.45) is 0 Å². The summed E-state index contributed by atoms with van der Waals surface area (Å²) in [6.45, 7) is 10.3. The monoisotopic (exact) mass is 434 g/mol. The predicted molar refractivity (Wildman–Crippen MR) is 126 cm³/mol. The third kappa shape index (κ3) is 5.78. The molecule has 1 saturated heterocycles. The summed E-state index contributed by atoms with van der Waals surface area (Å²) in [4.78, 5) is 4.17. The standard InChI is InChI=1S/C27H34N2O3/c1-21-5-7-22(8-6-21)13-14-27(19-29-16-15-28-20-29)31-18-25(32-27)17-30-24-11-9-23(10-12-24)26(2,3)4/h5-12,15-16,20,25H,13-14,17-19H2,1-4H3. The number of rotatable bonds is 8. The molecule has 1 fully saturated rings. The van der Waals surface area contributed by atoms with E-state index < -0.39 is 5.79 Å². The van der Waals surface area contributed by atoms with Gasteiger partial charge in [-0.25, -0.2) is 4.98 Å². The number of ether oxygens (including phenoxy) is 3. The summed E-state index contributed by atoms with van der Waals surface area (Å²) in [7, 11) is 0. The first-order chi connectivity index (χ1) is 15.3. The molecule has 5 heteroatoms. The van der Waals surface area contributed by atoms with E-state index in [9.17, 15) is 0 Å². The van der Waals surface area contributed by atoms with Gasteiger partial charge in [0.15, 0.2) is 5.79 Å². The van der Waals surface area contributed by atoms with Crippen molar-refractivity contribution >= 4 is 0 Å². The number of hydrogen-bond donors (Lipinski definition) is 0. The van der Waals surface area contributed by atoms with E-state index in [2.05, 4.69) is 69.1 Å². The van der Waals surface area contributed by atoms with Gasteiger partial charge in [-0.15, -0.1) is 0 Å². The van der Waals surface area contributed by atoms with Crippen molar-refractivity contribution in [2.45, 2.75) is 64.4 Å². The third-order valence-electron chi connectivity index (χ3n) is 5.97. The molecule has 0 N–H and O–H groups in total. The van der Waals surface area contributed by atoms with Crippen molar-refractivity contribution in [2.75, 3.05) is 13.2 Å². The topological polar surface area (TPSA) is 45.5 Å². The fraction of sp³-hybridized carbons (Fsp3) is 0.444. The molecule has 0 spiro atoms. The van der Waals surface area contributed by atoms with Crippen LogP contribution < -0.4 is 4.74 Å². The Bertz CT molecular complexity index is 975. The minimum Gasteiger partial charge on any atom is -0.491 e. The second kappa shape index (κ2) is 9.47. The first-order valence-corrected chi connectivity index (χ1v) is 11.4. The van der Waals surface area contributed by atoms with Gasteiger partial charge in [-0.2, -0.15) is 0 Å². The maximum atomic E-state index is 6.47. The first kappa shape index (κ1) is 22.6. The Kier molecular flexibility index (Phi) is 6.68. The van der Waals surface area contributed by atoms with Crippen LogP contribution in [0.25, 0.3) is 0 Å². The molecule has 0 radical (unpaired) electrons. The lowest BCUT2D eigenvalue weighted by Gasteiger charge is -2.28. The quantitative estimate of drug-likeness (QED) is 0.482. The Balaban J connectivity index is 1.38. The van der Waals surface area contributed by atoms with Crippen molar-refractivity contribution < 1.29 is 14.2 Å². The van der Waals surface area contributed by atoms with Gasteiger partial charge in [0, 0.05) is 18.8 Å². The van der Waals surface area contributed by atoms with E-state index in [1.807, 2.05) is 22.9 Å². The molecule has 5 nitrogen and oxygen atoms in total. The van der Waals surface area contributed by atoms with Crippen LogP contribution in [0.15, 0.2) is 67.3 Å². The summed E-state index contributed by atoms with van der Waals surface area (Å²) < 4.78 is 20.8. The van der Waals surface area contributed by atoms with Gasteiger partial charge in [0.25, 0.3) is 0 Å². The zero-order valence-electron chi connectivity index (χ0n) is 19.6. The Morgan fingerprint density at radius 2 is 1.84 bits per heavy atom. The summed E-state index contributed by atoms with van der Waals surface area (Å²) in [5, 5.41) is 0. The number of aryl methyl sites for hydroxylation is 2. The van der Waals surface area contributed by atoms with Gasteiger partial charge in [0.1, 0.15) is 18.5 Å². The summed E-state index contributed by atoms with van der Waals surface area (Å²) in [6, 6.07) is 17.0. The highest BCUT2D eigenvalue weighted by molar-refractivity contribution is 5.31. The molecule has 2 unspecified atom stereocenters. The van der Waals surface area contributed by atoms with Crippen LogP contribution in [0.1, 0.15) is 43.9 Å². The zero-order valence-corrected chi connectivity index (χ0v) is 19.6. The van der Waals surface area contributed by atoms with Crippen molar-refractivity contribution in [1.29, 1.82) is 0 Å². The van der Waals surface area contributed by atoms with Crippen molar-refractivity contribution in [3.05, 3.63) is 83.9 Å². The van der Waals surface area contributed by atoms with E-state index in [1.165, 1.54) is 16.7 Å². The molecule has 3 aromatic rings. The van der Waals surface area contributed by atoms with Crippen molar-refractivity contribution in [1.82, 2.24) is 9.55 Å². The highest BCUT2D eigenvalue weighted by atomic mass is 16.8. The SMILES string of the molecule is Cc1ccc(CCC2(Cn3ccnc3)OCC(COc3ccc(C(C)(C)C)cc3)O2)cc1. The highest BCUT2D eigenvalue weighted by Gasteiger charge is 2.42. The van der Waals surface area contributed by atoms with E-state index in [4.69, 9.17) is 14.2 Å². The summed E-state index contributed by atoms with van der Waals surface area (Å²) in [6.07, 6.45) is 7.08. The Labute approximate surface area is 191 Å². The predicted octanol–water partition coefficient (Wildman–Crippen LogP) is 5.31. The Morgan fingerprint density at radius 1 is 1.09 bits per heavy atom. The largest absolute Gasteiger partial charge is 0.491 e. The molecule has 0 aliphatic carbocycles. The molecular formula is C27H34N2O3. The van der Waals surface area contributed by atoms with Crippen LogP contribution in [0.2, 0.25) is 0 Å². The number of aromatic nitrogens is 2. The molecule has 1 aliphatic heterocycles. The van der Waals surface area contributed by atoms with Gasteiger partial charge in [0.05, 0.1) is 19.5 Å². The van der Waals surface area contributed by atoms with Crippen LogP contribution >= 0.6 is 0 Å². The molecular weight excluding hydrogens is 400 g/mol. The van der Waals surface area contributed by atoms with Crippen LogP contribution in [0.3, 0.4) is 0 Å². The Hall–Kier alpha value is -2.63. The second-order valence-electron chi connectivity index (χ2n) is 9.77. The van der Waals surface area contributed by atoms with Gasteiger partial charge >= 0.3 is 0 Å². The summed E-state index contributed by atoms with van der Waals surface area (Å²) in [5.74, 6) is 0.170. The van der Waals surface area contributed by atoms with Crippen molar-refractivity contribution in [3.8, 4) is 5.75 Å². The normalized spacial score (nSPS) is 21.1. The zero-order chi connectivity index (χ0) is 22.6. The molecule has 170 valence electrons. The first-order valence-electron chi connectivity index (χ1n) is 11.4. The molecule has 1 aliphatic rings. The average molecular weight is 435 g/mol. The fourth-order valence-electron chi connectivity index (χ4n) is 3.98. The average Bonchev–Trinajstić information content (AvgIpc) is 3.42. The van der Waals surface area contributed by atoms with Crippen LogP contribution in [0.4, 0.5) is 0 Å². The van der Waals surface area contributed by atoms with E-state index in [0.717, 1.165) is 18.6 Å². The number of nitrogens with zero attached hydrogens (tertiary/aromatic N) is 2. The van der Waals surface area contributed by atoms with E-state index in [-0.39, 0.29) is 11.5 Å². The molecule has 0 saturated carbocycles. The van der Waals surface area contributed by atoms with Crippen LogP contribution in [0, 0.1) is 6.92 Å². The van der Waals surface area contributed by atoms with Crippen molar-refractivity contribution in [3.63, 3.8) is 0 Å². The molecule has 4 rings (SSSR count). The summed E-state index contributed by atoms with van der Waals surface area (Å²) in [5.41, 5.74) is 3.97. The number of benzene rings is 2. The molecule has 2 atom stereocenters. The van der Waals surface area contributed by atoms with Gasteiger partial charge in [-0.1, -0.05) is 62.7 Å². The minimum atomic E-state index is -0.685. The molecule has 32 heavy (non-hydrogen) atoms. The van der Waals surface area contributed by atoms with Gasteiger partial charge in [-0.05, 0) is 42.0 Å². The van der Waals surface area contributed by atoms with Gasteiger partial charge < -0.3 is 18.8 Å². The second-order valence-corrected chi connectivity index (χ2v) is 9.77. The lowest BCUT2D eigenvalue weighted by Crippen LogP contribution is -2.37. The Morgan fingerprint density at radius 3 is 2.50 bits per heavy atom. The van der Waals surface area contributed by atoms with E-state index in [0.29, 0.717) is 19.8 Å². The minimum absolute atomic E-state index is 0.112. The number of imidazole rings is 1. The lowest BCUT2D eigenvalue weighted by atomic mass is 9.87. The van der Waals surface area contributed by atoms with Crippen LogP contribution in [-0.2, 0) is 27.9 Å². The molecule has 2 heterocycles. The molecule has 0 bridgehead atoms. The van der Waals surface area contributed by atoms with Gasteiger partial charge in [0.2, 0.25) is 0 Å². The number of hydrogen-bond acceptors (Lipinski definition) is 4. The van der Waals surface area contributed by atoms with Gasteiger partial charge in [-0.3, -0.25) is 0 Å². The lowest BCUT2D eigenvalue weighted by molar-refractivity contribution is -0.184. The van der Waals surface area contributed by atoms with E-state index in [1.54, 1.807) is 12.5 Å². The van der Waals surface area contributed by atoms with Crippen LogP contribution in [0.5, 0.6) is 5.75 Å². The molecule has 0 amide bonds. The smallest absolute Gasteiger partial charge is 0.187 e. The summed E-state index contributed by atoms with van der Waals surface area (Å²) >= 11 is 0. The molecule has 1 aromatic heterocycles. The molecule has 2 aromatic carbocycles. The maximum Gasteiger partial charge on any atom is 0.187 e. The van der Waals surface area contributed by atoms with E-state index >= 15 is 0 Å². The maximum absolute atomic E-state index is 6.47. The fourth-order valence-corrected chi connectivity index (χ4v) is 3.98. The highest BCUT2D eigenvalue weighted by Crippen LogP contribution is 2.31.